The number of nitro benzene ring substituents is 1. The van der Waals surface area contributed by atoms with Crippen LogP contribution in [0.1, 0.15) is 13.8 Å². The molecule has 0 aromatic heterocycles. The van der Waals surface area contributed by atoms with Crippen molar-refractivity contribution >= 4 is 17.3 Å². The second-order valence-electron chi connectivity index (χ2n) is 4.83. The number of carbonyl (C=O) groups excluding carboxylic acids is 1. The molecule has 1 amide bonds. The molecule has 0 atom stereocenters. The van der Waals surface area contributed by atoms with E-state index in [1.54, 1.807) is 13.8 Å². The summed E-state index contributed by atoms with van der Waals surface area (Å²) in [5.74, 6) is -2.87. The SMILES string of the molecule is CNC(=O)C(C)(C)CNc1c([N+](=O)[O-])ccc(F)c1F. The van der Waals surface area contributed by atoms with Crippen LogP contribution in [-0.4, -0.2) is 24.4 Å². The van der Waals surface area contributed by atoms with Crippen molar-refractivity contribution in [2.75, 3.05) is 18.9 Å². The van der Waals surface area contributed by atoms with Crippen molar-refractivity contribution in [2.45, 2.75) is 13.8 Å². The monoisotopic (exact) mass is 287 g/mol. The van der Waals surface area contributed by atoms with Crippen LogP contribution in [0.4, 0.5) is 20.2 Å². The van der Waals surface area contributed by atoms with Gasteiger partial charge in [0.2, 0.25) is 5.91 Å². The smallest absolute Gasteiger partial charge is 0.295 e. The van der Waals surface area contributed by atoms with Gasteiger partial charge in [-0.05, 0) is 19.9 Å². The van der Waals surface area contributed by atoms with Gasteiger partial charge < -0.3 is 10.6 Å². The number of rotatable bonds is 5. The van der Waals surface area contributed by atoms with Crippen molar-refractivity contribution in [3.63, 3.8) is 0 Å². The fourth-order valence-corrected chi connectivity index (χ4v) is 1.59. The number of carbonyl (C=O) groups is 1. The first-order chi connectivity index (χ1) is 9.20. The third-order valence-corrected chi connectivity index (χ3v) is 2.82. The molecule has 0 saturated heterocycles. The van der Waals surface area contributed by atoms with Crippen molar-refractivity contribution in [1.29, 1.82) is 0 Å². The zero-order chi connectivity index (χ0) is 15.5. The zero-order valence-corrected chi connectivity index (χ0v) is 11.3. The third-order valence-electron chi connectivity index (χ3n) is 2.82. The van der Waals surface area contributed by atoms with E-state index in [0.717, 1.165) is 6.07 Å². The van der Waals surface area contributed by atoms with Crippen LogP contribution in [0, 0.1) is 27.2 Å². The molecule has 0 aliphatic rings. The Bertz CT molecular complexity index is 547. The van der Waals surface area contributed by atoms with Crippen molar-refractivity contribution < 1.29 is 18.5 Å². The molecule has 20 heavy (non-hydrogen) atoms. The second-order valence-corrected chi connectivity index (χ2v) is 4.83. The first kappa shape index (κ1) is 15.8. The molecule has 8 heteroatoms. The molecule has 1 aromatic carbocycles. The Kier molecular flexibility index (Phi) is 4.59. The fourth-order valence-electron chi connectivity index (χ4n) is 1.59. The third kappa shape index (κ3) is 3.19. The van der Waals surface area contributed by atoms with E-state index in [2.05, 4.69) is 10.6 Å². The molecule has 2 N–H and O–H groups in total. The maximum atomic E-state index is 13.6. The van der Waals surface area contributed by atoms with E-state index in [0.29, 0.717) is 6.07 Å². The van der Waals surface area contributed by atoms with Gasteiger partial charge in [0.1, 0.15) is 0 Å². The number of nitrogens with one attached hydrogen (secondary N) is 2. The number of halogens is 2. The van der Waals surface area contributed by atoms with Crippen LogP contribution in [0.2, 0.25) is 0 Å². The topological polar surface area (TPSA) is 84.3 Å². The average molecular weight is 287 g/mol. The molecule has 0 radical (unpaired) electrons. The highest BCUT2D eigenvalue weighted by atomic mass is 19.2. The molecule has 0 heterocycles. The number of nitrogens with zero attached hydrogens (tertiary/aromatic N) is 1. The molecule has 0 unspecified atom stereocenters. The van der Waals surface area contributed by atoms with Gasteiger partial charge in [0, 0.05) is 19.7 Å². The lowest BCUT2D eigenvalue weighted by atomic mass is 9.92. The Balaban J connectivity index is 3.06. The van der Waals surface area contributed by atoms with Gasteiger partial charge in [0.05, 0.1) is 10.3 Å². The molecule has 0 saturated carbocycles. The summed E-state index contributed by atoms with van der Waals surface area (Å²) < 4.78 is 26.8. The minimum absolute atomic E-state index is 0.0894. The predicted molar refractivity (Wildman–Crippen MR) is 69.3 cm³/mol. The van der Waals surface area contributed by atoms with E-state index in [-0.39, 0.29) is 12.5 Å². The Morgan fingerprint density at radius 1 is 1.40 bits per heavy atom. The van der Waals surface area contributed by atoms with Gasteiger partial charge >= 0.3 is 0 Å². The van der Waals surface area contributed by atoms with Crippen molar-refractivity contribution in [3.05, 3.63) is 33.9 Å². The van der Waals surface area contributed by atoms with Gasteiger partial charge in [-0.25, -0.2) is 8.78 Å². The molecule has 0 fully saturated rings. The molecule has 0 bridgehead atoms. The summed E-state index contributed by atoms with van der Waals surface area (Å²) in [6.07, 6.45) is 0. The lowest BCUT2D eigenvalue weighted by Gasteiger charge is -2.23. The summed E-state index contributed by atoms with van der Waals surface area (Å²) in [6.45, 7) is 3.05. The van der Waals surface area contributed by atoms with Gasteiger partial charge in [0.15, 0.2) is 17.3 Å². The summed E-state index contributed by atoms with van der Waals surface area (Å²) in [4.78, 5) is 21.5. The number of benzene rings is 1. The Morgan fingerprint density at radius 2 is 2.00 bits per heavy atom. The van der Waals surface area contributed by atoms with Crippen molar-refractivity contribution in [1.82, 2.24) is 5.32 Å². The normalized spacial score (nSPS) is 11.1. The van der Waals surface area contributed by atoms with Gasteiger partial charge in [-0.2, -0.15) is 0 Å². The summed E-state index contributed by atoms with van der Waals surface area (Å²) in [7, 11) is 1.44. The molecule has 0 aliphatic carbocycles. The molecule has 110 valence electrons. The van der Waals surface area contributed by atoms with E-state index in [1.807, 2.05) is 0 Å². The predicted octanol–water partition coefficient (Wildman–Crippen LogP) is 2.06. The average Bonchev–Trinajstić information content (AvgIpc) is 2.38. The standard InChI is InChI=1S/C12H15F2N3O3/c1-12(2,11(18)15-3)6-16-10-8(17(19)20)5-4-7(13)9(10)14/h4-5,16H,6H2,1-3H3,(H,15,18). The molecular formula is C12H15F2N3O3. The highest BCUT2D eigenvalue weighted by Gasteiger charge is 2.29. The van der Waals surface area contributed by atoms with E-state index in [1.165, 1.54) is 7.05 Å². The summed E-state index contributed by atoms with van der Waals surface area (Å²) >= 11 is 0. The molecular weight excluding hydrogens is 272 g/mol. The number of hydrogen-bond donors (Lipinski definition) is 2. The number of hydrogen-bond acceptors (Lipinski definition) is 4. The van der Waals surface area contributed by atoms with E-state index >= 15 is 0 Å². The first-order valence-corrected chi connectivity index (χ1v) is 5.79. The van der Waals surface area contributed by atoms with Gasteiger partial charge in [-0.3, -0.25) is 14.9 Å². The van der Waals surface area contributed by atoms with Gasteiger partial charge in [-0.15, -0.1) is 0 Å². The number of anilines is 1. The Morgan fingerprint density at radius 3 is 2.50 bits per heavy atom. The van der Waals surface area contributed by atoms with E-state index in [4.69, 9.17) is 0 Å². The van der Waals surface area contributed by atoms with Crippen molar-refractivity contribution in [2.24, 2.45) is 5.41 Å². The molecule has 0 spiro atoms. The van der Waals surface area contributed by atoms with Gasteiger partial charge in [0.25, 0.3) is 5.69 Å². The zero-order valence-electron chi connectivity index (χ0n) is 11.3. The van der Waals surface area contributed by atoms with E-state index in [9.17, 15) is 23.7 Å². The first-order valence-electron chi connectivity index (χ1n) is 5.79. The van der Waals surface area contributed by atoms with Crippen LogP contribution >= 0.6 is 0 Å². The lowest BCUT2D eigenvalue weighted by molar-refractivity contribution is -0.384. The van der Waals surface area contributed by atoms with Crippen LogP contribution in [0.3, 0.4) is 0 Å². The minimum atomic E-state index is -1.34. The Hall–Kier alpha value is -2.25. The summed E-state index contributed by atoms with van der Waals surface area (Å²) in [5.41, 5.74) is -2.09. The highest BCUT2D eigenvalue weighted by molar-refractivity contribution is 5.82. The second kappa shape index (κ2) is 5.81. The summed E-state index contributed by atoms with van der Waals surface area (Å²) in [5, 5.41) is 15.7. The molecule has 1 aromatic rings. The number of amides is 1. The maximum absolute atomic E-state index is 13.6. The van der Waals surface area contributed by atoms with E-state index < -0.39 is 33.3 Å². The van der Waals surface area contributed by atoms with Crippen LogP contribution in [0.25, 0.3) is 0 Å². The highest BCUT2D eigenvalue weighted by Crippen LogP contribution is 2.30. The molecule has 0 aliphatic heterocycles. The van der Waals surface area contributed by atoms with Crippen LogP contribution < -0.4 is 10.6 Å². The Labute approximate surface area is 114 Å². The van der Waals surface area contributed by atoms with Gasteiger partial charge in [-0.1, -0.05) is 0 Å². The lowest BCUT2D eigenvalue weighted by Crippen LogP contribution is -2.39. The van der Waals surface area contributed by atoms with Crippen LogP contribution in [0.15, 0.2) is 12.1 Å². The largest absolute Gasteiger partial charge is 0.376 e. The number of nitro groups is 1. The van der Waals surface area contributed by atoms with Crippen LogP contribution in [0.5, 0.6) is 0 Å². The fraction of sp³-hybridized carbons (Fsp3) is 0.417. The minimum Gasteiger partial charge on any atom is -0.376 e. The molecule has 6 nitrogen and oxygen atoms in total. The van der Waals surface area contributed by atoms with Crippen molar-refractivity contribution in [3.8, 4) is 0 Å². The maximum Gasteiger partial charge on any atom is 0.295 e. The molecule has 1 rings (SSSR count). The van der Waals surface area contributed by atoms with Crippen LogP contribution in [-0.2, 0) is 4.79 Å². The summed E-state index contributed by atoms with van der Waals surface area (Å²) in [6, 6.07) is 1.55. The quantitative estimate of drug-likeness (QED) is 0.641.